The summed E-state index contributed by atoms with van der Waals surface area (Å²) in [5.41, 5.74) is 0.826. The number of para-hydroxylation sites is 1. The number of carbonyl (C=O) groups excluding carboxylic acids is 1. The summed E-state index contributed by atoms with van der Waals surface area (Å²) in [4.78, 5) is 14.4. The van der Waals surface area contributed by atoms with Gasteiger partial charge >= 0.3 is 6.03 Å². The van der Waals surface area contributed by atoms with Crippen LogP contribution >= 0.6 is 0 Å². The van der Waals surface area contributed by atoms with Crippen LogP contribution in [-0.2, 0) is 0 Å². The molecule has 0 bridgehead atoms. The van der Waals surface area contributed by atoms with E-state index in [0.717, 1.165) is 18.8 Å². The van der Waals surface area contributed by atoms with Gasteiger partial charge < -0.3 is 10.6 Å². The lowest BCUT2D eigenvalue weighted by Crippen LogP contribution is -2.46. The summed E-state index contributed by atoms with van der Waals surface area (Å²) in [6.45, 7) is 7.46. The molecule has 2 amide bonds. The van der Waals surface area contributed by atoms with Crippen molar-refractivity contribution in [2.75, 3.05) is 25.0 Å². The van der Waals surface area contributed by atoms with E-state index in [1.165, 1.54) is 12.8 Å². The van der Waals surface area contributed by atoms with E-state index in [9.17, 15) is 4.79 Å². The van der Waals surface area contributed by atoms with Crippen LogP contribution in [-0.4, -0.2) is 36.6 Å². The van der Waals surface area contributed by atoms with Crippen LogP contribution in [0.3, 0.4) is 0 Å². The number of anilines is 1. The third-order valence-electron chi connectivity index (χ3n) is 3.88. The molecule has 0 radical (unpaired) electrons. The number of benzene rings is 1. The Bertz CT molecular complexity index is 413. The molecule has 1 aliphatic rings. The summed E-state index contributed by atoms with van der Waals surface area (Å²) in [5, 5.41) is 5.86. The zero-order valence-corrected chi connectivity index (χ0v) is 12.4. The maximum absolute atomic E-state index is 11.9. The second-order valence-corrected chi connectivity index (χ2v) is 5.76. The van der Waals surface area contributed by atoms with Gasteiger partial charge in [0, 0.05) is 18.3 Å². The average molecular weight is 275 g/mol. The van der Waals surface area contributed by atoms with E-state index in [1.807, 2.05) is 30.3 Å². The van der Waals surface area contributed by atoms with Gasteiger partial charge in [-0.2, -0.15) is 0 Å². The third-order valence-corrected chi connectivity index (χ3v) is 3.88. The normalized spacial score (nSPS) is 17.1. The number of rotatable bonds is 5. The molecule has 0 aromatic heterocycles. The van der Waals surface area contributed by atoms with Gasteiger partial charge in [-0.1, -0.05) is 32.0 Å². The molecule has 4 nitrogen and oxygen atoms in total. The molecule has 1 heterocycles. The smallest absolute Gasteiger partial charge is 0.319 e. The van der Waals surface area contributed by atoms with Gasteiger partial charge in [0.1, 0.15) is 0 Å². The van der Waals surface area contributed by atoms with Gasteiger partial charge in [0.25, 0.3) is 0 Å². The van der Waals surface area contributed by atoms with Crippen LogP contribution in [0.1, 0.15) is 26.7 Å². The van der Waals surface area contributed by atoms with E-state index in [0.29, 0.717) is 18.5 Å². The van der Waals surface area contributed by atoms with E-state index in [1.54, 1.807) is 0 Å². The van der Waals surface area contributed by atoms with Crippen LogP contribution in [0.2, 0.25) is 0 Å². The highest BCUT2D eigenvalue weighted by molar-refractivity contribution is 5.89. The minimum absolute atomic E-state index is 0.124. The average Bonchev–Trinajstić information content (AvgIpc) is 2.93. The highest BCUT2D eigenvalue weighted by Crippen LogP contribution is 2.17. The summed E-state index contributed by atoms with van der Waals surface area (Å²) >= 11 is 0. The summed E-state index contributed by atoms with van der Waals surface area (Å²) in [6, 6.07) is 9.85. The highest BCUT2D eigenvalue weighted by Gasteiger charge is 2.24. The zero-order chi connectivity index (χ0) is 14.4. The molecular formula is C16H25N3O. The monoisotopic (exact) mass is 275 g/mol. The van der Waals surface area contributed by atoms with E-state index in [4.69, 9.17) is 0 Å². The molecule has 1 saturated heterocycles. The van der Waals surface area contributed by atoms with Gasteiger partial charge in [-0.25, -0.2) is 4.79 Å². The van der Waals surface area contributed by atoms with E-state index < -0.39 is 0 Å². The Hall–Kier alpha value is -1.55. The molecule has 1 aliphatic heterocycles. The lowest BCUT2D eigenvalue weighted by atomic mass is 10.0. The van der Waals surface area contributed by atoms with Gasteiger partial charge in [0.05, 0.1) is 0 Å². The van der Waals surface area contributed by atoms with Crippen LogP contribution in [0.25, 0.3) is 0 Å². The molecule has 4 heteroatoms. The predicted molar refractivity (Wildman–Crippen MR) is 82.9 cm³/mol. The number of amides is 2. The quantitative estimate of drug-likeness (QED) is 0.868. The van der Waals surface area contributed by atoms with Crippen molar-refractivity contribution >= 4 is 11.7 Å². The fourth-order valence-electron chi connectivity index (χ4n) is 2.75. The van der Waals surface area contributed by atoms with Crippen molar-refractivity contribution in [1.82, 2.24) is 10.2 Å². The number of hydrogen-bond donors (Lipinski definition) is 2. The highest BCUT2D eigenvalue weighted by atomic mass is 16.2. The Morgan fingerprint density at radius 1 is 1.20 bits per heavy atom. The molecular weight excluding hydrogens is 250 g/mol. The van der Waals surface area contributed by atoms with Crippen molar-refractivity contribution in [2.45, 2.75) is 32.7 Å². The first-order chi connectivity index (χ1) is 9.66. The fraction of sp³-hybridized carbons (Fsp3) is 0.562. The number of carbonyl (C=O) groups is 1. The summed E-state index contributed by atoms with van der Waals surface area (Å²) < 4.78 is 0. The Morgan fingerprint density at radius 3 is 2.45 bits per heavy atom. The van der Waals surface area contributed by atoms with Crippen molar-refractivity contribution in [3.8, 4) is 0 Å². The number of hydrogen-bond acceptors (Lipinski definition) is 2. The Kier molecular flexibility index (Phi) is 5.41. The maximum Gasteiger partial charge on any atom is 0.319 e. The molecule has 2 rings (SSSR count). The molecule has 1 aromatic carbocycles. The second kappa shape index (κ2) is 7.29. The number of nitrogens with one attached hydrogen (secondary N) is 2. The topological polar surface area (TPSA) is 44.4 Å². The minimum atomic E-state index is -0.124. The summed E-state index contributed by atoms with van der Waals surface area (Å²) in [6.07, 6.45) is 2.55. The second-order valence-electron chi connectivity index (χ2n) is 5.76. The fourth-order valence-corrected chi connectivity index (χ4v) is 2.75. The third kappa shape index (κ3) is 4.23. The molecule has 0 saturated carbocycles. The molecule has 110 valence electrons. The largest absolute Gasteiger partial charge is 0.336 e. The molecule has 1 atom stereocenters. The molecule has 0 spiro atoms. The Morgan fingerprint density at radius 2 is 1.85 bits per heavy atom. The lowest BCUT2D eigenvalue weighted by Gasteiger charge is -2.30. The van der Waals surface area contributed by atoms with E-state index in [-0.39, 0.29) is 6.03 Å². The van der Waals surface area contributed by atoms with Crippen molar-refractivity contribution in [3.63, 3.8) is 0 Å². The number of likely N-dealkylation sites (tertiary alicyclic amines) is 1. The van der Waals surface area contributed by atoms with Gasteiger partial charge in [0.15, 0.2) is 0 Å². The van der Waals surface area contributed by atoms with Gasteiger partial charge in [0.2, 0.25) is 0 Å². The zero-order valence-electron chi connectivity index (χ0n) is 12.4. The van der Waals surface area contributed by atoms with Crippen molar-refractivity contribution < 1.29 is 4.79 Å². The van der Waals surface area contributed by atoms with Crippen molar-refractivity contribution in [3.05, 3.63) is 30.3 Å². The first-order valence-corrected chi connectivity index (χ1v) is 7.51. The van der Waals surface area contributed by atoms with Crippen LogP contribution < -0.4 is 10.6 Å². The first-order valence-electron chi connectivity index (χ1n) is 7.51. The Labute approximate surface area is 121 Å². The molecule has 1 unspecified atom stereocenters. The molecule has 2 N–H and O–H groups in total. The predicted octanol–water partition coefficient (Wildman–Crippen LogP) is 2.93. The molecule has 1 fully saturated rings. The molecule has 1 aromatic rings. The van der Waals surface area contributed by atoms with E-state index >= 15 is 0 Å². The molecule has 0 aliphatic carbocycles. The number of urea groups is 1. The maximum atomic E-state index is 11.9. The van der Waals surface area contributed by atoms with Gasteiger partial charge in [-0.15, -0.1) is 0 Å². The standard InChI is InChI=1S/C16H25N3O/c1-13(2)15(19-10-6-7-11-19)12-17-16(20)18-14-8-4-3-5-9-14/h3-5,8-9,13,15H,6-7,10-12H2,1-2H3,(H2,17,18,20). The first kappa shape index (κ1) is 14.9. The van der Waals surface area contributed by atoms with Crippen molar-refractivity contribution in [1.29, 1.82) is 0 Å². The van der Waals surface area contributed by atoms with Crippen LogP contribution in [0.5, 0.6) is 0 Å². The Balaban J connectivity index is 1.81. The van der Waals surface area contributed by atoms with Gasteiger partial charge in [-0.3, -0.25) is 4.90 Å². The van der Waals surface area contributed by atoms with Crippen LogP contribution in [0.4, 0.5) is 10.5 Å². The summed E-state index contributed by atoms with van der Waals surface area (Å²) in [5.74, 6) is 0.546. The lowest BCUT2D eigenvalue weighted by molar-refractivity contribution is 0.186. The molecule has 20 heavy (non-hydrogen) atoms. The minimum Gasteiger partial charge on any atom is -0.336 e. The summed E-state index contributed by atoms with van der Waals surface area (Å²) in [7, 11) is 0. The number of nitrogens with zero attached hydrogens (tertiary/aromatic N) is 1. The van der Waals surface area contributed by atoms with Crippen molar-refractivity contribution in [2.24, 2.45) is 5.92 Å². The SMILES string of the molecule is CC(C)C(CNC(=O)Nc1ccccc1)N1CCCC1. The van der Waals surface area contributed by atoms with Crippen LogP contribution in [0, 0.1) is 5.92 Å². The van der Waals surface area contributed by atoms with E-state index in [2.05, 4.69) is 29.4 Å². The van der Waals surface area contributed by atoms with Crippen LogP contribution in [0.15, 0.2) is 30.3 Å². The van der Waals surface area contributed by atoms with Gasteiger partial charge in [-0.05, 0) is 44.0 Å².